The molecule has 80 valence electrons. The maximum Gasteiger partial charge on any atom is 0.311 e. The van der Waals surface area contributed by atoms with Crippen LogP contribution in [0.5, 0.6) is 11.5 Å². The molecule has 0 aromatic heterocycles. The van der Waals surface area contributed by atoms with Crippen LogP contribution in [0.15, 0.2) is 24.3 Å². The van der Waals surface area contributed by atoms with Gasteiger partial charge < -0.3 is 14.6 Å². The second-order valence-electron chi connectivity index (χ2n) is 3.03. The molecule has 4 nitrogen and oxygen atoms in total. The number of aldehydes is 1. The Morgan fingerprint density at radius 3 is 2.93 bits per heavy atom. The van der Waals surface area contributed by atoms with Crippen molar-refractivity contribution in [3.8, 4) is 11.5 Å². The number of esters is 1. The molecule has 0 aliphatic heterocycles. The maximum atomic E-state index is 11.2. The molecule has 0 aliphatic carbocycles. The molecule has 1 N–H and O–H groups in total. The van der Waals surface area contributed by atoms with Gasteiger partial charge in [0.25, 0.3) is 0 Å². The Morgan fingerprint density at radius 2 is 2.27 bits per heavy atom. The number of ether oxygens (including phenoxy) is 1. The zero-order valence-corrected chi connectivity index (χ0v) is 8.18. The molecule has 0 amide bonds. The van der Waals surface area contributed by atoms with E-state index in [1.54, 1.807) is 12.1 Å². The zero-order chi connectivity index (χ0) is 11.1. The van der Waals surface area contributed by atoms with Gasteiger partial charge in [0.1, 0.15) is 17.8 Å². The van der Waals surface area contributed by atoms with Crippen LogP contribution in [0, 0.1) is 0 Å². The standard InChI is InChI=1S/C11H12O4/c12-7-2-1-6-11(14)15-10-5-3-4-9(13)8-10/h3-5,7-8,13H,1-2,6H2. The summed E-state index contributed by atoms with van der Waals surface area (Å²) >= 11 is 0. The predicted molar refractivity (Wildman–Crippen MR) is 53.7 cm³/mol. The quantitative estimate of drug-likeness (QED) is 0.346. The first kappa shape index (κ1) is 11.2. The smallest absolute Gasteiger partial charge is 0.311 e. The first-order chi connectivity index (χ1) is 7.22. The van der Waals surface area contributed by atoms with Crippen LogP contribution < -0.4 is 4.74 Å². The van der Waals surface area contributed by atoms with Crippen molar-refractivity contribution in [3.63, 3.8) is 0 Å². The van der Waals surface area contributed by atoms with Gasteiger partial charge in [-0.3, -0.25) is 4.79 Å². The fourth-order valence-corrected chi connectivity index (χ4v) is 1.06. The van der Waals surface area contributed by atoms with Crippen molar-refractivity contribution >= 4 is 12.3 Å². The molecule has 0 radical (unpaired) electrons. The predicted octanol–water partition coefficient (Wildman–Crippen LogP) is 1.67. The summed E-state index contributed by atoms with van der Waals surface area (Å²) in [5, 5.41) is 9.10. The summed E-state index contributed by atoms with van der Waals surface area (Å²) in [5.41, 5.74) is 0. The van der Waals surface area contributed by atoms with E-state index >= 15 is 0 Å². The number of rotatable bonds is 5. The Morgan fingerprint density at radius 1 is 1.47 bits per heavy atom. The summed E-state index contributed by atoms with van der Waals surface area (Å²) in [6, 6.07) is 6.02. The minimum atomic E-state index is -0.401. The minimum Gasteiger partial charge on any atom is -0.508 e. The third-order valence-electron chi connectivity index (χ3n) is 1.75. The molecule has 0 spiro atoms. The highest BCUT2D eigenvalue weighted by Crippen LogP contribution is 2.18. The van der Waals surface area contributed by atoms with Gasteiger partial charge in [-0.2, -0.15) is 0 Å². The Bertz CT molecular complexity index is 346. The van der Waals surface area contributed by atoms with Gasteiger partial charge in [0, 0.05) is 18.9 Å². The molecule has 0 unspecified atom stereocenters. The largest absolute Gasteiger partial charge is 0.508 e. The lowest BCUT2D eigenvalue weighted by atomic mass is 10.2. The Hall–Kier alpha value is -1.84. The van der Waals surface area contributed by atoms with Crippen molar-refractivity contribution in [1.82, 2.24) is 0 Å². The monoisotopic (exact) mass is 208 g/mol. The zero-order valence-electron chi connectivity index (χ0n) is 8.18. The molecule has 0 bridgehead atoms. The Balaban J connectivity index is 2.40. The van der Waals surface area contributed by atoms with Gasteiger partial charge >= 0.3 is 5.97 Å². The molecule has 0 saturated carbocycles. The van der Waals surface area contributed by atoms with Crippen molar-refractivity contribution in [2.45, 2.75) is 19.3 Å². The molecule has 0 atom stereocenters. The molecule has 0 heterocycles. The molecule has 1 rings (SSSR count). The molecular formula is C11H12O4. The van der Waals surface area contributed by atoms with Crippen LogP contribution in [-0.2, 0) is 9.59 Å². The van der Waals surface area contributed by atoms with Gasteiger partial charge in [0.05, 0.1) is 0 Å². The van der Waals surface area contributed by atoms with E-state index in [1.165, 1.54) is 12.1 Å². The number of phenolic OH excluding ortho intramolecular Hbond substituents is 1. The molecule has 0 saturated heterocycles. The van der Waals surface area contributed by atoms with Gasteiger partial charge in [-0.15, -0.1) is 0 Å². The lowest BCUT2D eigenvalue weighted by molar-refractivity contribution is -0.134. The van der Waals surface area contributed by atoms with Crippen molar-refractivity contribution in [2.24, 2.45) is 0 Å². The van der Waals surface area contributed by atoms with Gasteiger partial charge in [-0.05, 0) is 18.6 Å². The van der Waals surface area contributed by atoms with Gasteiger partial charge in [-0.25, -0.2) is 0 Å². The number of hydrogen-bond donors (Lipinski definition) is 1. The van der Waals surface area contributed by atoms with Gasteiger partial charge in [-0.1, -0.05) is 6.07 Å². The highest BCUT2D eigenvalue weighted by molar-refractivity contribution is 5.72. The fourth-order valence-electron chi connectivity index (χ4n) is 1.06. The normalized spacial score (nSPS) is 9.60. The third kappa shape index (κ3) is 4.26. The van der Waals surface area contributed by atoms with Crippen molar-refractivity contribution in [1.29, 1.82) is 0 Å². The van der Waals surface area contributed by atoms with E-state index in [2.05, 4.69) is 0 Å². The minimum absolute atomic E-state index is 0.0493. The van der Waals surface area contributed by atoms with Crippen molar-refractivity contribution < 1.29 is 19.4 Å². The van der Waals surface area contributed by atoms with E-state index in [-0.39, 0.29) is 12.2 Å². The molecule has 4 heteroatoms. The second-order valence-corrected chi connectivity index (χ2v) is 3.03. The van der Waals surface area contributed by atoms with E-state index in [0.29, 0.717) is 18.6 Å². The number of hydrogen-bond acceptors (Lipinski definition) is 4. The fraction of sp³-hybridized carbons (Fsp3) is 0.273. The molecular weight excluding hydrogens is 196 g/mol. The highest BCUT2D eigenvalue weighted by Gasteiger charge is 2.04. The SMILES string of the molecule is O=CCCCC(=O)Oc1cccc(O)c1. The van der Waals surface area contributed by atoms with E-state index in [0.717, 1.165) is 6.29 Å². The van der Waals surface area contributed by atoms with Crippen molar-refractivity contribution in [3.05, 3.63) is 24.3 Å². The van der Waals surface area contributed by atoms with Crippen LogP contribution in [-0.4, -0.2) is 17.4 Å². The van der Waals surface area contributed by atoms with E-state index in [9.17, 15) is 9.59 Å². The van der Waals surface area contributed by atoms with E-state index < -0.39 is 5.97 Å². The maximum absolute atomic E-state index is 11.2. The number of unbranched alkanes of at least 4 members (excludes halogenated alkanes) is 1. The van der Waals surface area contributed by atoms with Crippen LogP contribution in [0.3, 0.4) is 0 Å². The number of aromatic hydroxyl groups is 1. The first-order valence-electron chi connectivity index (χ1n) is 4.65. The van der Waals surface area contributed by atoms with E-state index in [4.69, 9.17) is 9.84 Å². The molecule has 1 aromatic carbocycles. The lowest BCUT2D eigenvalue weighted by Gasteiger charge is -2.03. The number of benzene rings is 1. The molecule has 15 heavy (non-hydrogen) atoms. The Labute approximate surface area is 87.5 Å². The number of carbonyl (C=O) groups excluding carboxylic acids is 2. The summed E-state index contributed by atoms with van der Waals surface area (Å²) in [4.78, 5) is 21.2. The van der Waals surface area contributed by atoms with E-state index in [1.807, 2.05) is 0 Å². The molecule has 0 aliphatic rings. The van der Waals surface area contributed by atoms with Crippen LogP contribution >= 0.6 is 0 Å². The first-order valence-corrected chi connectivity index (χ1v) is 4.65. The summed E-state index contributed by atoms with van der Waals surface area (Å²) in [7, 11) is 0. The Kier molecular flexibility index (Phi) is 4.34. The molecule has 1 aromatic rings. The van der Waals surface area contributed by atoms with Crippen molar-refractivity contribution in [2.75, 3.05) is 0 Å². The average Bonchev–Trinajstić information content (AvgIpc) is 2.18. The van der Waals surface area contributed by atoms with Gasteiger partial charge in [0.15, 0.2) is 0 Å². The summed E-state index contributed by atoms with van der Waals surface area (Å²) < 4.78 is 4.93. The van der Waals surface area contributed by atoms with Gasteiger partial charge in [0.2, 0.25) is 0 Å². The van der Waals surface area contributed by atoms with Crippen LogP contribution in [0.4, 0.5) is 0 Å². The van der Waals surface area contributed by atoms with Crippen LogP contribution in [0.1, 0.15) is 19.3 Å². The summed E-state index contributed by atoms with van der Waals surface area (Å²) in [6.45, 7) is 0. The lowest BCUT2D eigenvalue weighted by Crippen LogP contribution is -2.07. The van der Waals surface area contributed by atoms with Crippen LogP contribution in [0.25, 0.3) is 0 Å². The van der Waals surface area contributed by atoms with Crippen LogP contribution in [0.2, 0.25) is 0 Å². The number of carbonyl (C=O) groups is 2. The summed E-state index contributed by atoms with van der Waals surface area (Å²) in [5.74, 6) is -0.0401. The summed E-state index contributed by atoms with van der Waals surface area (Å²) in [6.07, 6.45) is 1.81. The second kappa shape index (κ2) is 5.80. The molecule has 0 fully saturated rings. The topological polar surface area (TPSA) is 63.6 Å². The average molecular weight is 208 g/mol. The highest BCUT2D eigenvalue weighted by atomic mass is 16.5. The number of phenols is 1. The third-order valence-corrected chi connectivity index (χ3v) is 1.75.